The largest absolute Gasteiger partial charge is 0.352 e. The van der Waals surface area contributed by atoms with Crippen molar-refractivity contribution in [3.8, 4) is 5.82 Å². The molecule has 1 amide bonds. The molecule has 4 rings (SSSR count). The van der Waals surface area contributed by atoms with Crippen molar-refractivity contribution >= 4 is 27.5 Å². The molecule has 1 aromatic carbocycles. The van der Waals surface area contributed by atoms with E-state index in [2.05, 4.69) is 26.4 Å². The molecule has 0 bridgehead atoms. The summed E-state index contributed by atoms with van der Waals surface area (Å²) in [7, 11) is 0. The number of nitrogens with one attached hydrogen (secondary N) is 1. The molecule has 0 spiro atoms. The van der Waals surface area contributed by atoms with Gasteiger partial charge in [-0.2, -0.15) is 5.10 Å². The molecule has 1 N–H and O–H groups in total. The molecule has 0 fully saturated rings. The Morgan fingerprint density at radius 2 is 2.07 bits per heavy atom. The van der Waals surface area contributed by atoms with Crippen molar-refractivity contribution in [2.75, 3.05) is 0 Å². The Balaban J connectivity index is 1.25. The Labute approximate surface area is 160 Å². The molecule has 0 aliphatic heterocycles. The number of carbonyl (C=O) groups excluding carboxylic acids is 1. The molecule has 0 saturated carbocycles. The lowest BCUT2D eigenvalue weighted by Gasteiger charge is -2.07. The number of hydrogen-bond donors (Lipinski definition) is 1. The number of fused-ring (bicyclic) bond motifs is 1. The smallest absolute Gasteiger partial charge is 0.220 e. The van der Waals surface area contributed by atoms with Gasteiger partial charge in [-0.3, -0.25) is 4.79 Å². The van der Waals surface area contributed by atoms with Crippen molar-refractivity contribution in [3.05, 3.63) is 71.6 Å². The van der Waals surface area contributed by atoms with Gasteiger partial charge in [-0.25, -0.2) is 14.6 Å². The van der Waals surface area contributed by atoms with Crippen LogP contribution in [0.2, 0.25) is 0 Å². The van der Waals surface area contributed by atoms with Crippen LogP contribution in [-0.4, -0.2) is 25.7 Å². The highest BCUT2D eigenvalue weighted by molar-refractivity contribution is 7.18. The normalized spacial score (nSPS) is 11.0. The first-order chi connectivity index (χ1) is 13.3. The Morgan fingerprint density at radius 3 is 2.93 bits per heavy atom. The summed E-state index contributed by atoms with van der Waals surface area (Å²) in [5, 5.41) is 8.23. The molecule has 7 heteroatoms. The quantitative estimate of drug-likeness (QED) is 0.535. The van der Waals surface area contributed by atoms with Gasteiger partial charge in [0, 0.05) is 31.6 Å². The van der Waals surface area contributed by atoms with E-state index in [4.69, 9.17) is 0 Å². The maximum absolute atomic E-state index is 12.1. The van der Waals surface area contributed by atoms with Gasteiger partial charge in [-0.15, -0.1) is 11.3 Å². The monoisotopic (exact) mass is 377 g/mol. The zero-order valence-corrected chi connectivity index (χ0v) is 15.5. The van der Waals surface area contributed by atoms with Crippen molar-refractivity contribution in [2.24, 2.45) is 0 Å². The predicted molar refractivity (Wildman–Crippen MR) is 106 cm³/mol. The molecule has 0 unspecified atom stereocenters. The van der Waals surface area contributed by atoms with E-state index in [1.807, 2.05) is 42.6 Å². The number of benzene rings is 1. The summed E-state index contributed by atoms with van der Waals surface area (Å²) in [6.07, 6.45) is 7.39. The van der Waals surface area contributed by atoms with Crippen LogP contribution in [-0.2, 0) is 17.8 Å². The highest BCUT2D eigenvalue weighted by atomic mass is 32.1. The van der Waals surface area contributed by atoms with E-state index in [9.17, 15) is 4.79 Å². The third-order valence-electron chi connectivity index (χ3n) is 4.17. The predicted octanol–water partition coefficient (Wildman–Crippen LogP) is 3.52. The molecule has 0 saturated heterocycles. The number of para-hydroxylation sites is 1. The molecule has 0 aliphatic carbocycles. The minimum absolute atomic E-state index is 0.0496. The molecule has 3 aromatic heterocycles. The summed E-state index contributed by atoms with van der Waals surface area (Å²) >= 11 is 1.70. The van der Waals surface area contributed by atoms with E-state index < -0.39 is 0 Å². The third-order valence-corrected chi connectivity index (χ3v) is 5.27. The van der Waals surface area contributed by atoms with Crippen molar-refractivity contribution in [1.82, 2.24) is 25.1 Å². The Bertz CT molecular complexity index is 1010. The van der Waals surface area contributed by atoms with Crippen LogP contribution in [0.1, 0.15) is 23.4 Å². The van der Waals surface area contributed by atoms with Gasteiger partial charge in [0.2, 0.25) is 5.91 Å². The van der Waals surface area contributed by atoms with Crippen LogP contribution >= 0.6 is 11.3 Å². The van der Waals surface area contributed by atoms with Crippen molar-refractivity contribution in [3.63, 3.8) is 0 Å². The van der Waals surface area contributed by atoms with Crippen LogP contribution in [0.5, 0.6) is 0 Å². The van der Waals surface area contributed by atoms with Gasteiger partial charge in [-0.05, 0) is 48.7 Å². The van der Waals surface area contributed by atoms with E-state index in [1.54, 1.807) is 28.4 Å². The zero-order chi connectivity index (χ0) is 18.5. The summed E-state index contributed by atoms with van der Waals surface area (Å²) < 4.78 is 2.89. The lowest BCUT2D eigenvalue weighted by Crippen LogP contribution is -2.22. The van der Waals surface area contributed by atoms with Gasteiger partial charge in [0.1, 0.15) is 0 Å². The van der Waals surface area contributed by atoms with Gasteiger partial charge < -0.3 is 5.32 Å². The van der Waals surface area contributed by atoms with Crippen molar-refractivity contribution in [2.45, 2.75) is 25.8 Å². The minimum Gasteiger partial charge on any atom is -0.352 e. The first-order valence-electron chi connectivity index (χ1n) is 8.84. The SMILES string of the molecule is O=C(CCCc1nc2ccccc2s1)NCc1ccnc(-n2cccn2)c1. The second-order valence-corrected chi connectivity index (χ2v) is 7.29. The Hall–Kier alpha value is -3.06. The summed E-state index contributed by atoms with van der Waals surface area (Å²) in [5.41, 5.74) is 2.03. The van der Waals surface area contributed by atoms with E-state index in [-0.39, 0.29) is 5.91 Å². The number of amides is 1. The number of nitrogens with zero attached hydrogens (tertiary/aromatic N) is 4. The van der Waals surface area contributed by atoms with E-state index >= 15 is 0 Å². The summed E-state index contributed by atoms with van der Waals surface area (Å²) in [6.45, 7) is 0.483. The second kappa shape index (κ2) is 8.09. The molecule has 0 radical (unpaired) electrons. The van der Waals surface area contributed by atoms with Gasteiger partial charge in [0.15, 0.2) is 5.82 Å². The lowest BCUT2D eigenvalue weighted by atomic mass is 10.2. The molecule has 0 aliphatic rings. The molecule has 3 heterocycles. The van der Waals surface area contributed by atoms with Crippen LogP contribution in [0.15, 0.2) is 61.1 Å². The number of pyridine rings is 1. The summed E-state index contributed by atoms with van der Waals surface area (Å²) in [6, 6.07) is 13.8. The van der Waals surface area contributed by atoms with Gasteiger partial charge in [0.05, 0.1) is 15.2 Å². The standard InChI is InChI=1S/C20H19N5OS/c26-19(7-3-8-20-24-16-5-1-2-6-17(16)27-20)22-14-15-9-11-21-18(13-15)25-12-4-10-23-25/h1-2,4-6,9-13H,3,7-8,14H2,(H,22,26). The summed E-state index contributed by atoms with van der Waals surface area (Å²) in [4.78, 5) is 21.0. The van der Waals surface area contributed by atoms with Crippen LogP contribution in [0.3, 0.4) is 0 Å². The van der Waals surface area contributed by atoms with Gasteiger partial charge in [0.25, 0.3) is 0 Å². The molecular formula is C20H19N5OS. The molecular weight excluding hydrogens is 358 g/mol. The van der Waals surface area contributed by atoms with Gasteiger partial charge >= 0.3 is 0 Å². The topological polar surface area (TPSA) is 72.7 Å². The van der Waals surface area contributed by atoms with Crippen LogP contribution in [0.4, 0.5) is 0 Å². The van der Waals surface area contributed by atoms with Crippen molar-refractivity contribution < 1.29 is 4.79 Å². The maximum atomic E-state index is 12.1. The molecule has 6 nitrogen and oxygen atoms in total. The lowest BCUT2D eigenvalue weighted by molar-refractivity contribution is -0.121. The number of hydrogen-bond acceptors (Lipinski definition) is 5. The first-order valence-corrected chi connectivity index (χ1v) is 9.66. The van der Waals surface area contributed by atoms with Crippen molar-refractivity contribution in [1.29, 1.82) is 0 Å². The molecule has 0 atom stereocenters. The van der Waals surface area contributed by atoms with Crippen LogP contribution in [0.25, 0.3) is 16.0 Å². The Morgan fingerprint density at radius 1 is 1.15 bits per heavy atom. The fraction of sp³-hybridized carbons (Fsp3) is 0.200. The van der Waals surface area contributed by atoms with Crippen LogP contribution in [0, 0.1) is 0 Å². The van der Waals surface area contributed by atoms with Gasteiger partial charge in [-0.1, -0.05) is 12.1 Å². The average Bonchev–Trinajstić information content (AvgIpc) is 3.36. The molecule has 136 valence electrons. The summed E-state index contributed by atoms with van der Waals surface area (Å²) in [5.74, 6) is 0.788. The fourth-order valence-corrected chi connectivity index (χ4v) is 3.83. The zero-order valence-electron chi connectivity index (χ0n) is 14.7. The number of aryl methyl sites for hydroxylation is 1. The number of thiazole rings is 1. The maximum Gasteiger partial charge on any atom is 0.220 e. The highest BCUT2D eigenvalue weighted by Crippen LogP contribution is 2.22. The fourth-order valence-electron chi connectivity index (χ4n) is 2.82. The molecule has 27 heavy (non-hydrogen) atoms. The van der Waals surface area contributed by atoms with E-state index in [0.717, 1.165) is 34.7 Å². The minimum atomic E-state index is 0.0496. The van der Waals surface area contributed by atoms with Crippen LogP contribution < -0.4 is 5.32 Å². The second-order valence-electron chi connectivity index (χ2n) is 6.18. The number of aromatic nitrogens is 4. The van der Waals surface area contributed by atoms with E-state index in [0.29, 0.717) is 13.0 Å². The average molecular weight is 377 g/mol. The van der Waals surface area contributed by atoms with E-state index in [1.165, 1.54) is 4.70 Å². The first kappa shape index (κ1) is 17.4. The molecule has 4 aromatic rings. The highest BCUT2D eigenvalue weighted by Gasteiger charge is 2.06. The number of rotatable bonds is 7. The Kier molecular flexibility index (Phi) is 5.20. The third kappa shape index (κ3) is 4.38. The number of carbonyl (C=O) groups is 1.